The molecule has 1 aromatic carbocycles. The van der Waals surface area contributed by atoms with Gasteiger partial charge in [0.1, 0.15) is 11.9 Å². The minimum atomic E-state index is -1.17. The Bertz CT molecular complexity index is 786. The van der Waals surface area contributed by atoms with Gasteiger partial charge >= 0.3 is 5.97 Å². The highest BCUT2D eigenvalue weighted by molar-refractivity contribution is 5.97. The van der Waals surface area contributed by atoms with E-state index in [1.165, 1.54) is 29.1 Å². The van der Waals surface area contributed by atoms with Crippen molar-refractivity contribution in [2.24, 2.45) is 5.92 Å². The van der Waals surface area contributed by atoms with E-state index < -0.39 is 29.5 Å². The Balaban J connectivity index is 2.31. The molecule has 128 valence electrons. The van der Waals surface area contributed by atoms with E-state index >= 15 is 0 Å². The van der Waals surface area contributed by atoms with Crippen molar-refractivity contribution in [2.75, 3.05) is 0 Å². The molecule has 0 saturated heterocycles. The molecule has 0 aliphatic heterocycles. The summed E-state index contributed by atoms with van der Waals surface area (Å²) in [5, 5.41) is 25.4. The standard InChI is InChI=1S/C16H18FN3O4/c1-8(2)13(16(23)24)18-15(22)14-12(21)7-20(19-14)11-5-4-10(17)6-9(11)3/h4-8,13,21H,1-3H3,(H,18,22)(H,23,24)/t13-/m0/s1. The maximum absolute atomic E-state index is 13.2. The Morgan fingerprint density at radius 2 is 2.00 bits per heavy atom. The zero-order chi connectivity index (χ0) is 18.0. The van der Waals surface area contributed by atoms with E-state index in [0.29, 0.717) is 11.3 Å². The van der Waals surface area contributed by atoms with Gasteiger partial charge in [-0.05, 0) is 36.6 Å². The number of hydrogen-bond acceptors (Lipinski definition) is 4. The first kappa shape index (κ1) is 17.5. The number of nitrogens with one attached hydrogen (secondary N) is 1. The normalized spacial score (nSPS) is 12.2. The van der Waals surface area contributed by atoms with Crippen LogP contribution in [0.15, 0.2) is 24.4 Å². The summed E-state index contributed by atoms with van der Waals surface area (Å²) in [6, 6.07) is 2.90. The molecule has 2 aromatic rings. The van der Waals surface area contributed by atoms with E-state index in [-0.39, 0.29) is 11.6 Å². The maximum atomic E-state index is 13.2. The highest BCUT2D eigenvalue weighted by Gasteiger charge is 2.27. The van der Waals surface area contributed by atoms with Crippen molar-refractivity contribution in [2.45, 2.75) is 26.8 Å². The molecule has 2 rings (SSSR count). The van der Waals surface area contributed by atoms with Crippen molar-refractivity contribution >= 4 is 11.9 Å². The van der Waals surface area contributed by atoms with Gasteiger partial charge < -0.3 is 15.5 Å². The van der Waals surface area contributed by atoms with Gasteiger partial charge in [-0.1, -0.05) is 13.8 Å². The minimum absolute atomic E-state index is 0.300. The third-order valence-electron chi connectivity index (χ3n) is 3.53. The van der Waals surface area contributed by atoms with Gasteiger partial charge in [0.25, 0.3) is 5.91 Å². The van der Waals surface area contributed by atoms with Crippen molar-refractivity contribution < 1.29 is 24.2 Å². The Kier molecular flexibility index (Phi) is 4.87. The number of carboxylic acid groups (broad SMARTS) is 1. The van der Waals surface area contributed by atoms with Gasteiger partial charge in [-0.25, -0.2) is 13.9 Å². The number of aromatic hydroxyl groups is 1. The molecule has 0 aliphatic rings. The summed E-state index contributed by atoms with van der Waals surface area (Å²) in [6.45, 7) is 4.97. The zero-order valence-corrected chi connectivity index (χ0v) is 13.4. The van der Waals surface area contributed by atoms with Gasteiger partial charge in [0.15, 0.2) is 11.4 Å². The van der Waals surface area contributed by atoms with Crippen LogP contribution in [-0.2, 0) is 4.79 Å². The van der Waals surface area contributed by atoms with Crippen LogP contribution in [0.1, 0.15) is 29.9 Å². The summed E-state index contributed by atoms with van der Waals surface area (Å²) >= 11 is 0. The fourth-order valence-electron chi connectivity index (χ4n) is 2.25. The number of carbonyl (C=O) groups is 2. The Hall–Kier alpha value is -2.90. The summed E-state index contributed by atoms with van der Waals surface area (Å²) in [6.07, 6.45) is 1.21. The van der Waals surface area contributed by atoms with Crippen LogP contribution in [0, 0.1) is 18.7 Å². The van der Waals surface area contributed by atoms with E-state index in [2.05, 4.69) is 10.4 Å². The molecule has 7 nitrogen and oxygen atoms in total. The number of nitrogens with zero attached hydrogens (tertiary/aromatic N) is 2. The van der Waals surface area contributed by atoms with E-state index in [1.807, 2.05) is 0 Å². The predicted octanol–water partition coefficient (Wildman–Crippen LogP) is 1.86. The number of aliphatic carboxylic acids is 1. The number of aryl methyl sites for hydroxylation is 1. The van der Waals surface area contributed by atoms with Crippen molar-refractivity contribution in [3.05, 3.63) is 41.5 Å². The minimum Gasteiger partial charge on any atom is -0.504 e. The summed E-state index contributed by atoms with van der Waals surface area (Å²) in [4.78, 5) is 23.4. The molecule has 0 aliphatic carbocycles. The number of aromatic nitrogens is 2. The maximum Gasteiger partial charge on any atom is 0.326 e. The van der Waals surface area contributed by atoms with E-state index in [9.17, 15) is 19.1 Å². The molecule has 1 atom stereocenters. The second-order valence-corrected chi connectivity index (χ2v) is 5.77. The quantitative estimate of drug-likeness (QED) is 0.774. The number of halogens is 1. The van der Waals surface area contributed by atoms with Gasteiger partial charge in [0.05, 0.1) is 11.9 Å². The van der Waals surface area contributed by atoms with Gasteiger partial charge in [0, 0.05) is 0 Å². The lowest BCUT2D eigenvalue weighted by molar-refractivity contribution is -0.140. The van der Waals surface area contributed by atoms with Crippen LogP contribution < -0.4 is 5.32 Å². The highest BCUT2D eigenvalue weighted by Crippen LogP contribution is 2.21. The smallest absolute Gasteiger partial charge is 0.326 e. The molecule has 8 heteroatoms. The molecule has 1 heterocycles. The first-order chi connectivity index (χ1) is 11.2. The third kappa shape index (κ3) is 3.53. The number of benzene rings is 1. The van der Waals surface area contributed by atoms with Crippen molar-refractivity contribution in [1.82, 2.24) is 15.1 Å². The molecule has 0 saturated carbocycles. The molecule has 0 unspecified atom stereocenters. The van der Waals surface area contributed by atoms with Crippen LogP contribution in [0.2, 0.25) is 0 Å². The SMILES string of the molecule is Cc1cc(F)ccc1-n1cc(O)c(C(=O)N[C@H](C(=O)O)C(C)C)n1. The van der Waals surface area contributed by atoms with E-state index in [1.54, 1.807) is 20.8 Å². The average molecular weight is 335 g/mol. The fourth-order valence-corrected chi connectivity index (χ4v) is 2.25. The molecular formula is C16H18FN3O4. The Morgan fingerprint density at radius 1 is 1.33 bits per heavy atom. The monoisotopic (exact) mass is 335 g/mol. The molecule has 24 heavy (non-hydrogen) atoms. The number of carbonyl (C=O) groups excluding carboxylic acids is 1. The molecule has 1 amide bonds. The molecular weight excluding hydrogens is 317 g/mol. The second kappa shape index (κ2) is 6.69. The van der Waals surface area contributed by atoms with Crippen LogP contribution in [0.3, 0.4) is 0 Å². The molecule has 0 spiro atoms. The Morgan fingerprint density at radius 3 is 2.54 bits per heavy atom. The van der Waals surface area contributed by atoms with Crippen LogP contribution in [-0.4, -0.2) is 37.9 Å². The molecule has 1 aromatic heterocycles. The van der Waals surface area contributed by atoms with E-state index in [0.717, 1.165) is 0 Å². The van der Waals surface area contributed by atoms with Crippen molar-refractivity contribution in [3.8, 4) is 11.4 Å². The Labute approximate surface area is 137 Å². The van der Waals surface area contributed by atoms with Crippen LogP contribution in [0.5, 0.6) is 5.75 Å². The summed E-state index contributed by atoms with van der Waals surface area (Å²) < 4.78 is 14.4. The summed E-state index contributed by atoms with van der Waals surface area (Å²) in [5.74, 6) is -3.12. The van der Waals surface area contributed by atoms with Crippen LogP contribution in [0.25, 0.3) is 5.69 Å². The number of carboxylic acids is 1. The summed E-state index contributed by atoms with van der Waals surface area (Å²) in [5.41, 5.74) is 0.755. The first-order valence-electron chi connectivity index (χ1n) is 7.29. The predicted molar refractivity (Wildman–Crippen MR) is 83.7 cm³/mol. The van der Waals surface area contributed by atoms with Gasteiger partial charge in [-0.15, -0.1) is 0 Å². The topological polar surface area (TPSA) is 104 Å². The van der Waals surface area contributed by atoms with Gasteiger partial charge in [-0.3, -0.25) is 4.79 Å². The summed E-state index contributed by atoms with van der Waals surface area (Å²) in [7, 11) is 0. The molecule has 0 fully saturated rings. The van der Waals surface area contributed by atoms with Crippen molar-refractivity contribution in [3.63, 3.8) is 0 Å². The van der Waals surface area contributed by atoms with Crippen molar-refractivity contribution in [1.29, 1.82) is 0 Å². The number of rotatable bonds is 5. The highest BCUT2D eigenvalue weighted by atomic mass is 19.1. The lowest BCUT2D eigenvalue weighted by atomic mass is 10.0. The van der Waals surface area contributed by atoms with E-state index in [4.69, 9.17) is 5.11 Å². The second-order valence-electron chi connectivity index (χ2n) is 5.77. The largest absolute Gasteiger partial charge is 0.504 e. The lowest BCUT2D eigenvalue weighted by Crippen LogP contribution is -2.44. The number of hydrogen-bond donors (Lipinski definition) is 3. The molecule has 3 N–H and O–H groups in total. The van der Waals surface area contributed by atoms with Crippen LogP contribution >= 0.6 is 0 Å². The van der Waals surface area contributed by atoms with Gasteiger partial charge in [-0.2, -0.15) is 5.10 Å². The fraction of sp³-hybridized carbons (Fsp3) is 0.312. The van der Waals surface area contributed by atoms with Crippen LogP contribution in [0.4, 0.5) is 4.39 Å². The number of amides is 1. The third-order valence-corrected chi connectivity index (χ3v) is 3.53. The zero-order valence-electron chi connectivity index (χ0n) is 13.4. The lowest BCUT2D eigenvalue weighted by Gasteiger charge is -2.17. The molecule has 0 bridgehead atoms. The average Bonchev–Trinajstić information content (AvgIpc) is 2.85. The van der Waals surface area contributed by atoms with Gasteiger partial charge in [0.2, 0.25) is 0 Å². The first-order valence-corrected chi connectivity index (χ1v) is 7.29. The molecule has 0 radical (unpaired) electrons.